The zero-order valence-electron chi connectivity index (χ0n) is 15.9. The fraction of sp³-hybridized carbons (Fsp3) is 0.364. The molecule has 1 unspecified atom stereocenters. The maximum Gasteiger partial charge on any atom is 0.242 e. The molecule has 0 fully saturated rings. The molecule has 138 valence electrons. The number of nitrogens with zero attached hydrogens (tertiary/aromatic N) is 1. The molecular weight excluding hydrogens is 324 g/mol. The zero-order chi connectivity index (χ0) is 18.9. The molecule has 2 rings (SSSR count). The fourth-order valence-electron chi connectivity index (χ4n) is 2.96. The summed E-state index contributed by atoms with van der Waals surface area (Å²) in [5.74, 6) is -0.132. The summed E-state index contributed by atoms with van der Waals surface area (Å²) >= 11 is 0. The lowest BCUT2D eigenvalue weighted by molar-refractivity contribution is -0.139. The average Bonchev–Trinajstić information content (AvgIpc) is 2.64. The summed E-state index contributed by atoms with van der Waals surface area (Å²) in [6, 6.07) is 17.4. The van der Waals surface area contributed by atoms with Gasteiger partial charge in [0.25, 0.3) is 0 Å². The lowest BCUT2D eigenvalue weighted by Gasteiger charge is -2.29. The van der Waals surface area contributed by atoms with Crippen molar-refractivity contribution in [3.63, 3.8) is 0 Å². The van der Waals surface area contributed by atoms with Gasteiger partial charge in [-0.25, -0.2) is 0 Å². The molecule has 4 nitrogen and oxygen atoms in total. The monoisotopic (exact) mass is 352 g/mol. The van der Waals surface area contributed by atoms with Crippen LogP contribution in [0.4, 0.5) is 0 Å². The lowest BCUT2D eigenvalue weighted by atomic mass is 10.0. The first-order valence-electron chi connectivity index (χ1n) is 9.18. The van der Waals surface area contributed by atoms with Gasteiger partial charge in [-0.3, -0.25) is 9.59 Å². The normalized spacial score (nSPS) is 11.7. The maximum absolute atomic E-state index is 13.0. The van der Waals surface area contributed by atoms with E-state index in [0.29, 0.717) is 19.5 Å². The van der Waals surface area contributed by atoms with Crippen LogP contribution >= 0.6 is 0 Å². The number of likely N-dealkylation sites (N-methyl/N-ethyl adjacent to an activating group) is 1. The summed E-state index contributed by atoms with van der Waals surface area (Å²) < 4.78 is 0. The summed E-state index contributed by atoms with van der Waals surface area (Å²) in [4.78, 5) is 27.0. The van der Waals surface area contributed by atoms with Crippen molar-refractivity contribution in [3.8, 4) is 0 Å². The van der Waals surface area contributed by atoms with Crippen molar-refractivity contribution in [2.24, 2.45) is 0 Å². The third-order valence-corrected chi connectivity index (χ3v) is 4.61. The van der Waals surface area contributed by atoms with Crippen molar-refractivity contribution >= 4 is 11.8 Å². The molecule has 0 aliphatic carbocycles. The number of rotatable bonds is 8. The number of amides is 2. The summed E-state index contributed by atoms with van der Waals surface area (Å²) in [6.45, 7) is 6.76. The van der Waals surface area contributed by atoms with E-state index in [4.69, 9.17) is 0 Å². The second-order valence-corrected chi connectivity index (χ2v) is 6.50. The van der Waals surface area contributed by atoms with Crippen molar-refractivity contribution in [3.05, 3.63) is 71.3 Å². The van der Waals surface area contributed by atoms with Crippen molar-refractivity contribution in [2.75, 3.05) is 13.1 Å². The van der Waals surface area contributed by atoms with E-state index in [0.717, 1.165) is 23.1 Å². The molecule has 0 aromatic heterocycles. The van der Waals surface area contributed by atoms with E-state index < -0.39 is 6.04 Å². The Bertz CT molecular complexity index is 728. The zero-order valence-corrected chi connectivity index (χ0v) is 15.9. The Kier molecular flexibility index (Phi) is 7.39. The number of carbonyl (C=O) groups excluding carboxylic acids is 2. The standard InChI is InChI=1S/C22H28N2O2/c1-4-23-22(26)18(3)24(15-14-19-11-6-5-7-12-19)21(25)16-20-13-9-8-10-17(20)2/h5-13,18H,4,14-16H2,1-3H3,(H,23,26). The highest BCUT2D eigenvalue weighted by atomic mass is 16.2. The summed E-state index contributed by atoms with van der Waals surface area (Å²) in [7, 11) is 0. The lowest BCUT2D eigenvalue weighted by Crippen LogP contribution is -2.49. The molecule has 0 aliphatic rings. The SMILES string of the molecule is CCNC(=O)C(C)N(CCc1ccccc1)C(=O)Cc1ccccc1C. The van der Waals surface area contributed by atoms with Crippen LogP contribution in [0, 0.1) is 6.92 Å². The molecule has 2 amide bonds. The molecule has 0 aliphatic heterocycles. The third-order valence-electron chi connectivity index (χ3n) is 4.61. The molecule has 1 atom stereocenters. The Morgan fingerprint density at radius 1 is 1.04 bits per heavy atom. The first-order valence-corrected chi connectivity index (χ1v) is 9.18. The van der Waals surface area contributed by atoms with Crippen molar-refractivity contribution in [1.29, 1.82) is 0 Å². The minimum Gasteiger partial charge on any atom is -0.355 e. The van der Waals surface area contributed by atoms with E-state index in [1.54, 1.807) is 11.8 Å². The molecule has 0 bridgehead atoms. The molecule has 2 aromatic carbocycles. The minimum atomic E-state index is -0.491. The summed E-state index contributed by atoms with van der Waals surface area (Å²) in [6.07, 6.45) is 1.04. The van der Waals surface area contributed by atoms with Crippen LogP contribution < -0.4 is 5.32 Å². The number of carbonyl (C=O) groups is 2. The van der Waals surface area contributed by atoms with E-state index >= 15 is 0 Å². The predicted octanol–water partition coefficient (Wildman–Crippen LogP) is 3.13. The predicted molar refractivity (Wildman–Crippen MR) is 105 cm³/mol. The highest BCUT2D eigenvalue weighted by Crippen LogP contribution is 2.12. The van der Waals surface area contributed by atoms with Crippen LogP contribution in [0.1, 0.15) is 30.5 Å². The van der Waals surface area contributed by atoms with Gasteiger partial charge in [0.05, 0.1) is 6.42 Å². The molecule has 0 heterocycles. The largest absolute Gasteiger partial charge is 0.355 e. The van der Waals surface area contributed by atoms with Gasteiger partial charge in [-0.05, 0) is 43.9 Å². The summed E-state index contributed by atoms with van der Waals surface area (Å²) in [5.41, 5.74) is 3.25. The van der Waals surface area contributed by atoms with Gasteiger partial charge >= 0.3 is 0 Å². The Labute approximate surface area is 156 Å². The van der Waals surface area contributed by atoms with Gasteiger partial charge in [0.2, 0.25) is 11.8 Å². The van der Waals surface area contributed by atoms with Gasteiger partial charge in [0, 0.05) is 13.1 Å². The highest BCUT2D eigenvalue weighted by Gasteiger charge is 2.25. The van der Waals surface area contributed by atoms with Crippen LogP contribution in [0.25, 0.3) is 0 Å². The van der Waals surface area contributed by atoms with Gasteiger partial charge in [0.1, 0.15) is 6.04 Å². The molecule has 4 heteroatoms. The Morgan fingerprint density at radius 3 is 2.35 bits per heavy atom. The van der Waals surface area contributed by atoms with E-state index in [-0.39, 0.29) is 11.8 Å². The number of hydrogen-bond donors (Lipinski definition) is 1. The van der Waals surface area contributed by atoms with Crippen LogP contribution in [0.2, 0.25) is 0 Å². The molecule has 0 radical (unpaired) electrons. The maximum atomic E-state index is 13.0. The first-order chi connectivity index (χ1) is 12.5. The third kappa shape index (κ3) is 5.45. The second kappa shape index (κ2) is 9.76. The number of benzene rings is 2. The second-order valence-electron chi connectivity index (χ2n) is 6.50. The smallest absolute Gasteiger partial charge is 0.242 e. The van der Waals surface area contributed by atoms with Gasteiger partial charge in [-0.1, -0.05) is 54.6 Å². The van der Waals surface area contributed by atoms with Crippen molar-refractivity contribution < 1.29 is 9.59 Å². The molecule has 0 spiro atoms. The van der Waals surface area contributed by atoms with Crippen LogP contribution in [-0.4, -0.2) is 35.8 Å². The van der Waals surface area contributed by atoms with Crippen molar-refractivity contribution in [2.45, 2.75) is 39.7 Å². The van der Waals surface area contributed by atoms with Crippen LogP contribution in [0.15, 0.2) is 54.6 Å². The van der Waals surface area contributed by atoms with Gasteiger partial charge in [-0.15, -0.1) is 0 Å². The van der Waals surface area contributed by atoms with E-state index in [2.05, 4.69) is 5.32 Å². The van der Waals surface area contributed by atoms with Crippen molar-refractivity contribution in [1.82, 2.24) is 10.2 Å². The van der Waals surface area contributed by atoms with Gasteiger partial charge in [-0.2, -0.15) is 0 Å². The molecule has 0 saturated heterocycles. The molecular formula is C22H28N2O2. The Morgan fingerprint density at radius 2 is 1.69 bits per heavy atom. The fourth-order valence-corrected chi connectivity index (χ4v) is 2.96. The molecule has 1 N–H and O–H groups in total. The van der Waals surface area contributed by atoms with Crippen LogP contribution in [-0.2, 0) is 22.4 Å². The highest BCUT2D eigenvalue weighted by molar-refractivity contribution is 5.88. The number of aryl methyl sites for hydroxylation is 1. The van der Waals surface area contributed by atoms with E-state index in [1.807, 2.05) is 68.4 Å². The van der Waals surface area contributed by atoms with Gasteiger partial charge < -0.3 is 10.2 Å². The van der Waals surface area contributed by atoms with Gasteiger partial charge in [0.15, 0.2) is 0 Å². The Balaban J connectivity index is 2.14. The van der Waals surface area contributed by atoms with Crippen LogP contribution in [0.3, 0.4) is 0 Å². The minimum absolute atomic E-state index is 0.0195. The van der Waals surface area contributed by atoms with E-state index in [9.17, 15) is 9.59 Å². The Hall–Kier alpha value is -2.62. The van der Waals surface area contributed by atoms with Crippen LogP contribution in [0.5, 0.6) is 0 Å². The quantitative estimate of drug-likeness (QED) is 0.793. The molecule has 0 saturated carbocycles. The average molecular weight is 352 g/mol. The molecule has 2 aromatic rings. The number of hydrogen-bond acceptors (Lipinski definition) is 2. The van der Waals surface area contributed by atoms with E-state index in [1.165, 1.54) is 0 Å². The topological polar surface area (TPSA) is 49.4 Å². The number of nitrogens with one attached hydrogen (secondary N) is 1. The summed E-state index contributed by atoms with van der Waals surface area (Å²) in [5, 5.41) is 2.82. The molecule has 26 heavy (non-hydrogen) atoms. The first kappa shape index (κ1) is 19.7.